The van der Waals surface area contributed by atoms with Gasteiger partial charge in [-0.25, -0.2) is 9.69 Å². The Morgan fingerprint density at radius 2 is 1.82 bits per heavy atom. The Kier molecular flexibility index (Phi) is 4.40. The summed E-state index contributed by atoms with van der Waals surface area (Å²) in [4.78, 5) is 38.3. The second-order valence-corrected chi connectivity index (χ2v) is 6.53. The number of imide groups is 2. The van der Waals surface area contributed by atoms with Crippen molar-refractivity contribution in [3.8, 4) is 11.5 Å². The molecule has 4 amide bonds. The highest BCUT2D eigenvalue weighted by Gasteiger charge is 2.43. The molecular weight excluding hydrogens is 386 g/mol. The quantitative estimate of drug-likeness (QED) is 0.767. The summed E-state index contributed by atoms with van der Waals surface area (Å²) in [5.74, 6) is -1.62. The molecule has 0 bridgehead atoms. The molecule has 2 aromatic carbocycles. The second kappa shape index (κ2) is 6.90. The average Bonchev–Trinajstić information content (AvgIpc) is 3.10. The van der Waals surface area contributed by atoms with E-state index in [-0.39, 0.29) is 12.5 Å². The number of nitrogens with one attached hydrogen (secondary N) is 2. The highest BCUT2D eigenvalue weighted by Crippen LogP contribution is 2.35. The molecule has 2 heterocycles. The first kappa shape index (κ1) is 17.9. The van der Waals surface area contributed by atoms with Gasteiger partial charge < -0.3 is 14.8 Å². The molecule has 0 spiro atoms. The monoisotopic (exact) mass is 399 g/mol. The van der Waals surface area contributed by atoms with Gasteiger partial charge in [0.15, 0.2) is 17.4 Å². The number of carbonyl (C=O) groups excluding carboxylic acids is 3. The van der Waals surface area contributed by atoms with E-state index in [4.69, 9.17) is 21.1 Å². The Labute approximate surface area is 164 Å². The molecule has 0 saturated carbocycles. The van der Waals surface area contributed by atoms with Gasteiger partial charge in [0.1, 0.15) is 0 Å². The van der Waals surface area contributed by atoms with Crippen LogP contribution in [0.3, 0.4) is 0 Å². The van der Waals surface area contributed by atoms with Crippen LogP contribution in [0.2, 0.25) is 5.02 Å². The van der Waals surface area contributed by atoms with Crippen molar-refractivity contribution in [1.29, 1.82) is 0 Å². The number of urea groups is 1. The second-order valence-electron chi connectivity index (χ2n) is 6.10. The van der Waals surface area contributed by atoms with Gasteiger partial charge in [0.25, 0.3) is 5.91 Å². The maximum atomic E-state index is 12.9. The van der Waals surface area contributed by atoms with E-state index < -0.39 is 23.8 Å². The molecule has 8 nitrogen and oxygen atoms in total. The standard InChI is InChI=1S/C19H14ClN3O5/c1-10(21-12-4-7-14-15(8-12)28-9-27-14)16-17(24)22-19(26)23(18(16)25)13-5-2-11(20)3-6-13/h2-8,16,21H,1,9H2,(H,22,24,26)/t16-/m0/s1. The summed E-state index contributed by atoms with van der Waals surface area (Å²) in [6, 6.07) is 10.4. The van der Waals surface area contributed by atoms with Gasteiger partial charge in [-0.2, -0.15) is 0 Å². The van der Waals surface area contributed by atoms with Gasteiger partial charge in [0.2, 0.25) is 12.7 Å². The van der Waals surface area contributed by atoms with Crippen LogP contribution in [-0.2, 0) is 9.59 Å². The number of carbonyl (C=O) groups is 3. The maximum absolute atomic E-state index is 12.9. The van der Waals surface area contributed by atoms with E-state index in [1.165, 1.54) is 12.1 Å². The van der Waals surface area contributed by atoms with Gasteiger partial charge >= 0.3 is 6.03 Å². The van der Waals surface area contributed by atoms with Crippen molar-refractivity contribution in [3.05, 3.63) is 59.8 Å². The number of rotatable bonds is 4. The molecule has 1 saturated heterocycles. The first-order valence-electron chi connectivity index (χ1n) is 8.24. The lowest BCUT2D eigenvalue weighted by molar-refractivity contribution is -0.132. The van der Waals surface area contributed by atoms with Crippen LogP contribution in [-0.4, -0.2) is 24.6 Å². The largest absolute Gasteiger partial charge is 0.454 e. The Morgan fingerprint density at radius 1 is 1.11 bits per heavy atom. The smallest absolute Gasteiger partial charge is 0.335 e. The van der Waals surface area contributed by atoms with Crippen LogP contribution in [0.5, 0.6) is 11.5 Å². The van der Waals surface area contributed by atoms with E-state index in [1.54, 1.807) is 30.3 Å². The minimum absolute atomic E-state index is 0.118. The van der Waals surface area contributed by atoms with Crippen LogP contribution in [0, 0.1) is 5.92 Å². The van der Waals surface area contributed by atoms with E-state index >= 15 is 0 Å². The summed E-state index contributed by atoms with van der Waals surface area (Å²) < 4.78 is 10.6. The summed E-state index contributed by atoms with van der Waals surface area (Å²) in [5, 5.41) is 5.56. The predicted molar refractivity (Wildman–Crippen MR) is 101 cm³/mol. The maximum Gasteiger partial charge on any atom is 0.335 e. The minimum Gasteiger partial charge on any atom is -0.454 e. The van der Waals surface area contributed by atoms with Gasteiger partial charge in [-0.05, 0) is 36.4 Å². The van der Waals surface area contributed by atoms with Crippen molar-refractivity contribution in [2.45, 2.75) is 0 Å². The van der Waals surface area contributed by atoms with E-state index in [9.17, 15) is 14.4 Å². The summed E-state index contributed by atoms with van der Waals surface area (Å²) in [6.45, 7) is 3.94. The van der Waals surface area contributed by atoms with Crippen molar-refractivity contribution in [2.24, 2.45) is 5.92 Å². The van der Waals surface area contributed by atoms with E-state index in [2.05, 4.69) is 17.2 Å². The van der Waals surface area contributed by atoms with Gasteiger partial charge in [0.05, 0.1) is 5.69 Å². The zero-order valence-electron chi connectivity index (χ0n) is 14.4. The number of anilines is 2. The van der Waals surface area contributed by atoms with Crippen molar-refractivity contribution in [3.63, 3.8) is 0 Å². The van der Waals surface area contributed by atoms with Crippen LogP contribution in [0.4, 0.5) is 16.2 Å². The molecule has 0 unspecified atom stereocenters. The van der Waals surface area contributed by atoms with Crippen molar-refractivity contribution in [1.82, 2.24) is 5.32 Å². The lowest BCUT2D eigenvalue weighted by atomic mass is 10.0. The molecule has 0 radical (unpaired) electrons. The molecule has 2 aromatic rings. The van der Waals surface area contributed by atoms with E-state index in [0.717, 1.165) is 4.90 Å². The molecule has 4 rings (SSSR count). The first-order valence-corrected chi connectivity index (χ1v) is 8.61. The van der Waals surface area contributed by atoms with Gasteiger partial charge in [-0.15, -0.1) is 0 Å². The molecule has 0 aromatic heterocycles. The highest BCUT2D eigenvalue weighted by atomic mass is 35.5. The van der Waals surface area contributed by atoms with Crippen molar-refractivity contribution in [2.75, 3.05) is 17.0 Å². The van der Waals surface area contributed by atoms with E-state index in [0.29, 0.717) is 27.9 Å². The third kappa shape index (κ3) is 3.14. The topological polar surface area (TPSA) is 97.0 Å². The Morgan fingerprint density at radius 3 is 2.57 bits per heavy atom. The normalized spacial score (nSPS) is 18.1. The molecule has 142 valence electrons. The number of hydrogen-bond acceptors (Lipinski definition) is 6. The number of nitrogens with zero attached hydrogens (tertiary/aromatic N) is 1. The Hall–Kier alpha value is -3.52. The zero-order chi connectivity index (χ0) is 19.8. The van der Waals surface area contributed by atoms with Gasteiger partial charge in [-0.3, -0.25) is 14.9 Å². The summed E-state index contributed by atoms with van der Waals surface area (Å²) >= 11 is 5.85. The minimum atomic E-state index is -1.29. The lowest BCUT2D eigenvalue weighted by Crippen LogP contribution is -2.59. The van der Waals surface area contributed by atoms with Gasteiger partial charge in [0, 0.05) is 22.5 Å². The van der Waals surface area contributed by atoms with Crippen LogP contribution < -0.4 is 25.0 Å². The lowest BCUT2D eigenvalue weighted by Gasteiger charge is -2.31. The number of benzene rings is 2. The third-order valence-electron chi connectivity index (χ3n) is 4.27. The fourth-order valence-electron chi connectivity index (χ4n) is 2.95. The SMILES string of the molecule is C=C(Nc1ccc2c(c1)OCO2)[C@H]1C(=O)NC(=O)N(c2ccc(Cl)cc2)C1=O. The summed E-state index contributed by atoms with van der Waals surface area (Å²) in [5.41, 5.74) is 0.970. The Balaban J connectivity index is 1.57. The fraction of sp³-hybridized carbons (Fsp3) is 0.105. The number of ether oxygens (including phenoxy) is 2. The van der Waals surface area contributed by atoms with Crippen LogP contribution in [0.1, 0.15) is 0 Å². The molecule has 0 aliphatic carbocycles. The predicted octanol–water partition coefficient (Wildman–Crippen LogP) is 2.89. The number of barbiturate groups is 1. The van der Waals surface area contributed by atoms with Crippen molar-refractivity contribution >= 4 is 40.8 Å². The number of halogens is 1. The zero-order valence-corrected chi connectivity index (χ0v) is 15.2. The number of fused-ring (bicyclic) bond motifs is 1. The van der Waals surface area contributed by atoms with Crippen LogP contribution in [0.15, 0.2) is 54.7 Å². The molecule has 2 N–H and O–H groups in total. The molecule has 28 heavy (non-hydrogen) atoms. The van der Waals surface area contributed by atoms with Crippen LogP contribution in [0.25, 0.3) is 0 Å². The number of hydrogen-bond donors (Lipinski definition) is 2. The van der Waals surface area contributed by atoms with Gasteiger partial charge in [-0.1, -0.05) is 18.2 Å². The Bertz CT molecular complexity index is 1010. The molecule has 1 atom stereocenters. The molecule has 9 heteroatoms. The average molecular weight is 400 g/mol. The van der Waals surface area contributed by atoms with Crippen molar-refractivity contribution < 1.29 is 23.9 Å². The third-order valence-corrected chi connectivity index (χ3v) is 4.53. The highest BCUT2D eigenvalue weighted by molar-refractivity contribution is 6.31. The van der Waals surface area contributed by atoms with Crippen LogP contribution >= 0.6 is 11.6 Å². The van der Waals surface area contributed by atoms with E-state index in [1.807, 2.05) is 0 Å². The molecule has 1 fully saturated rings. The fourth-order valence-corrected chi connectivity index (χ4v) is 3.07. The first-order chi connectivity index (χ1) is 13.4. The molecular formula is C19H14ClN3O5. The summed E-state index contributed by atoms with van der Waals surface area (Å²) in [6.07, 6.45) is 0. The molecule has 2 aliphatic heterocycles. The molecule has 2 aliphatic rings. The number of amides is 4. The summed E-state index contributed by atoms with van der Waals surface area (Å²) in [7, 11) is 0.